The number of hydrogen-bond donors (Lipinski definition) is 1. The highest BCUT2D eigenvalue weighted by molar-refractivity contribution is 5.75. The fourth-order valence-electron chi connectivity index (χ4n) is 1.69. The summed E-state index contributed by atoms with van der Waals surface area (Å²) in [4.78, 5) is 15.0. The second-order valence-corrected chi connectivity index (χ2v) is 4.16. The molecule has 2 aromatic rings. The number of aromatic nitrogens is 1. The predicted molar refractivity (Wildman–Crippen MR) is 65.8 cm³/mol. The molecule has 1 aromatic heterocycles. The molecule has 17 heavy (non-hydrogen) atoms. The maximum absolute atomic E-state index is 10.8. The lowest BCUT2D eigenvalue weighted by molar-refractivity contribution is -0.116. The lowest BCUT2D eigenvalue weighted by Gasteiger charge is -2.02. The number of rotatable bonds is 5. The van der Waals surface area contributed by atoms with Crippen LogP contribution in [-0.2, 0) is 11.3 Å². The number of aryl methyl sites for hydroxylation is 1. The van der Waals surface area contributed by atoms with Crippen molar-refractivity contribution in [3.8, 4) is 0 Å². The zero-order chi connectivity index (χ0) is 12.3. The van der Waals surface area contributed by atoms with Gasteiger partial charge in [-0.3, -0.25) is 4.79 Å². The van der Waals surface area contributed by atoms with Gasteiger partial charge in [-0.15, -0.1) is 0 Å². The molecular weight excluding hydrogens is 216 g/mol. The van der Waals surface area contributed by atoms with E-state index in [0.29, 0.717) is 18.9 Å². The second kappa shape index (κ2) is 5.10. The van der Waals surface area contributed by atoms with Gasteiger partial charge in [-0.05, 0) is 24.6 Å². The van der Waals surface area contributed by atoms with Crippen LogP contribution in [0.3, 0.4) is 0 Å². The molecule has 1 heterocycles. The molecule has 0 aliphatic heterocycles. The third-order valence-corrected chi connectivity index (χ3v) is 2.54. The van der Waals surface area contributed by atoms with E-state index in [1.165, 1.54) is 0 Å². The number of nitrogens with one attached hydrogen (secondary N) is 1. The first kappa shape index (κ1) is 11.8. The highest BCUT2D eigenvalue weighted by Gasteiger charge is 2.03. The van der Waals surface area contributed by atoms with Crippen molar-refractivity contribution >= 4 is 16.9 Å². The standard InChI is InChI=1S/C13H16N2O2/c1-9(16)5-6-14-8-11-3-4-12-13(7-11)17-10(2)15-12/h3-4,7,14H,5-6,8H2,1-2H3. The van der Waals surface area contributed by atoms with Crippen LogP contribution < -0.4 is 5.32 Å². The van der Waals surface area contributed by atoms with Crippen molar-refractivity contribution in [2.24, 2.45) is 0 Å². The SMILES string of the molecule is CC(=O)CCNCc1ccc2nc(C)oc2c1. The van der Waals surface area contributed by atoms with Crippen LogP contribution in [0.5, 0.6) is 0 Å². The van der Waals surface area contributed by atoms with E-state index in [1.54, 1.807) is 6.92 Å². The number of ketones is 1. The monoisotopic (exact) mass is 232 g/mol. The molecule has 0 atom stereocenters. The molecule has 2 rings (SSSR count). The number of benzene rings is 1. The Bertz CT molecular complexity index is 531. The van der Waals surface area contributed by atoms with Gasteiger partial charge in [0.05, 0.1) is 0 Å². The summed E-state index contributed by atoms with van der Waals surface area (Å²) in [6.45, 7) is 4.89. The van der Waals surface area contributed by atoms with Gasteiger partial charge in [-0.1, -0.05) is 6.07 Å². The van der Waals surface area contributed by atoms with Crippen molar-refractivity contribution in [3.63, 3.8) is 0 Å². The Morgan fingerprint density at radius 3 is 3.06 bits per heavy atom. The first-order chi connectivity index (χ1) is 8.15. The normalized spacial score (nSPS) is 10.9. The summed E-state index contributed by atoms with van der Waals surface area (Å²) in [5.74, 6) is 0.889. The third kappa shape index (κ3) is 3.14. The average Bonchev–Trinajstić information content (AvgIpc) is 2.63. The van der Waals surface area contributed by atoms with Gasteiger partial charge in [0.1, 0.15) is 11.3 Å². The van der Waals surface area contributed by atoms with Crippen molar-refractivity contribution in [1.82, 2.24) is 10.3 Å². The second-order valence-electron chi connectivity index (χ2n) is 4.16. The Morgan fingerprint density at radius 2 is 2.29 bits per heavy atom. The van der Waals surface area contributed by atoms with E-state index in [-0.39, 0.29) is 5.78 Å². The van der Waals surface area contributed by atoms with E-state index >= 15 is 0 Å². The lowest BCUT2D eigenvalue weighted by atomic mass is 10.2. The molecule has 1 N–H and O–H groups in total. The van der Waals surface area contributed by atoms with Gasteiger partial charge >= 0.3 is 0 Å². The number of Topliss-reactive ketones (excluding diaryl/α,β-unsaturated/α-hetero) is 1. The first-order valence-electron chi connectivity index (χ1n) is 5.71. The Balaban J connectivity index is 1.96. The molecule has 1 aromatic carbocycles. The molecule has 0 aliphatic rings. The first-order valence-corrected chi connectivity index (χ1v) is 5.71. The summed E-state index contributed by atoms with van der Waals surface area (Å²) < 4.78 is 5.46. The summed E-state index contributed by atoms with van der Waals surface area (Å²) in [6, 6.07) is 5.95. The molecule has 0 saturated heterocycles. The molecule has 0 bridgehead atoms. The van der Waals surface area contributed by atoms with Crippen LogP contribution >= 0.6 is 0 Å². The largest absolute Gasteiger partial charge is 0.441 e. The number of carbonyl (C=O) groups excluding carboxylic acids is 1. The molecule has 90 valence electrons. The predicted octanol–water partition coefficient (Wildman–Crippen LogP) is 2.20. The van der Waals surface area contributed by atoms with Gasteiger partial charge in [0.25, 0.3) is 0 Å². The molecule has 0 fully saturated rings. The van der Waals surface area contributed by atoms with Gasteiger partial charge in [-0.25, -0.2) is 4.98 Å². The summed E-state index contributed by atoms with van der Waals surface area (Å²) in [5, 5.41) is 3.22. The Hall–Kier alpha value is -1.68. The number of hydrogen-bond acceptors (Lipinski definition) is 4. The Labute approximate surface area is 100 Å². The van der Waals surface area contributed by atoms with E-state index in [4.69, 9.17) is 4.42 Å². The van der Waals surface area contributed by atoms with E-state index in [9.17, 15) is 4.79 Å². The van der Waals surface area contributed by atoms with Crippen LogP contribution in [0.1, 0.15) is 24.8 Å². The van der Waals surface area contributed by atoms with Crippen molar-refractivity contribution in [3.05, 3.63) is 29.7 Å². The molecule has 4 nitrogen and oxygen atoms in total. The molecule has 4 heteroatoms. The topological polar surface area (TPSA) is 55.1 Å². The number of nitrogens with zero attached hydrogens (tertiary/aromatic N) is 1. The van der Waals surface area contributed by atoms with Gasteiger partial charge in [0.15, 0.2) is 11.5 Å². The summed E-state index contributed by atoms with van der Waals surface area (Å²) in [7, 11) is 0. The minimum atomic E-state index is 0.207. The summed E-state index contributed by atoms with van der Waals surface area (Å²) >= 11 is 0. The van der Waals surface area contributed by atoms with E-state index in [1.807, 2.05) is 25.1 Å². The average molecular weight is 232 g/mol. The molecule has 0 radical (unpaired) electrons. The van der Waals surface area contributed by atoms with Crippen molar-refractivity contribution < 1.29 is 9.21 Å². The highest BCUT2D eigenvalue weighted by Crippen LogP contribution is 2.16. The van der Waals surface area contributed by atoms with Gasteiger partial charge in [-0.2, -0.15) is 0 Å². The third-order valence-electron chi connectivity index (χ3n) is 2.54. The van der Waals surface area contributed by atoms with Crippen LogP contribution in [-0.4, -0.2) is 17.3 Å². The zero-order valence-corrected chi connectivity index (χ0v) is 10.1. The zero-order valence-electron chi connectivity index (χ0n) is 10.1. The van der Waals surface area contributed by atoms with Crippen LogP contribution in [0, 0.1) is 6.92 Å². The van der Waals surface area contributed by atoms with Crippen LogP contribution in [0.15, 0.2) is 22.6 Å². The fourth-order valence-corrected chi connectivity index (χ4v) is 1.69. The molecule has 0 unspecified atom stereocenters. The Kier molecular flexibility index (Phi) is 3.54. The van der Waals surface area contributed by atoms with Crippen LogP contribution in [0.2, 0.25) is 0 Å². The summed E-state index contributed by atoms with van der Waals surface area (Å²) in [6.07, 6.45) is 0.573. The van der Waals surface area contributed by atoms with Gasteiger partial charge in [0.2, 0.25) is 0 Å². The molecular formula is C13H16N2O2. The quantitative estimate of drug-likeness (QED) is 0.803. The minimum Gasteiger partial charge on any atom is -0.441 e. The summed E-state index contributed by atoms with van der Waals surface area (Å²) in [5.41, 5.74) is 2.83. The van der Waals surface area contributed by atoms with Gasteiger partial charge in [0, 0.05) is 26.4 Å². The number of carbonyl (C=O) groups is 1. The van der Waals surface area contributed by atoms with Crippen LogP contribution in [0.25, 0.3) is 11.1 Å². The van der Waals surface area contributed by atoms with E-state index in [0.717, 1.165) is 23.2 Å². The minimum absolute atomic E-state index is 0.207. The smallest absolute Gasteiger partial charge is 0.192 e. The van der Waals surface area contributed by atoms with Crippen molar-refractivity contribution in [2.75, 3.05) is 6.54 Å². The number of oxazole rings is 1. The highest BCUT2D eigenvalue weighted by atomic mass is 16.3. The maximum atomic E-state index is 10.8. The molecule has 0 saturated carbocycles. The lowest BCUT2D eigenvalue weighted by Crippen LogP contribution is -2.16. The molecule has 0 spiro atoms. The number of fused-ring (bicyclic) bond motifs is 1. The van der Waals surface area contributed by atoms with Crippen LogP contribution in [0.4, 0.5) is 0 Å². The van der Waals surface area contributed by atoms with Crippen molar-refractivity contribution in [1.29, 1.82) is 0 Å². The maximum Gasteiger partial charge on any atom is 0.192 e. The van der Waals surface area contributed by atoms with Gasteiger partial charge < -0.3 is 9.73 Å². The van der Waals surface area contributed by atoms with Crippen molar-refractivity contribution in [2.45, 2.75) is 26.8 Å². The molecule has 0 amide bonds. The Morgan fingerprint density at radius 1 is 1.47 bits per heavy atom. The van der Waals surface area contributed by atoms with E-state index < -0.39 is 0 Å². The molecule has 0 aliphatic carbocycles. The fraction of sp³-hybridized carbons (Fsp3) is 0.385. The van der Waals surface area contributed by atoms with E-state index in [2.05, 4.69) is 10.3 Å².